The smallest absolute Gasteiger partial charge is 0.220 e. The molecule has 0 aliphatic rings. The second-order valence-electron chi connectivity index (χ2n) is 4.01. The maximum absolute atomic E-state index is 11.6. The highest BCUT2D eigenvalue weighted by atomic mass is 32.1. The van der Waals surface area contributed by atoms with Gasteiger partial charge in [-0.2, -0.15) is 0 Å². The first-order chi connectivity index (χ1) is 8.17. The maximum Gasteiger partial charge on any atom is 0.220 e. The van der Waals surface area contributed by atoms with Crippen molar-refractivity contribution in [1.29, 1.82) is 0 Å². The Kier molecular flexibility index (Phi) is 6.15. The van der Waals surface area contributed by atoms with Crippen molar-refractivity contribution >= 4 is 17.2 Å². The van der Waals surface area contributed by atoms with Crippen LogP contribution in [0.3, 0.4) is 0 Å². The van der Waals surface area contributed by atoms with Crippen molar-refractivity contribution in [2.24, 2.45) is 0 Å². The minimum atomic E-state index is 0.0161. The lowest BCUT2D eigenvalue weighted by Crippen LogP contribution is -2.27. The molecule has 0 radical (unpaired) electrons. The number of thiazole rings is 1. The minimum Gasteiger partial charge on any atom is -0.347 e. The van der Waals surface area contributed by atoms with Gasteiger partial charge in [-0.05, 0) is 33.4 Å². The van der Waals surface area contributed by atoms with E-state index < -0.39 is 0 Å². The number of hydrogen-bond donors (Lipinski definition) is 2. The Morgan fingerprint density at radius 2 is 2.35 bits per heavy atom. The highest BCUT2D eigenvalue weighted by molar-refractivity contribution is 7.11. The Morgan fingerprint density at radius 1 is 1.59 bits per heavy atom. The third kappa shape index (κ3) is 4.83. The molecule has 0 bridgehead atoms. The Morgan fingerprint density at radius 3 is 2.94 bits per heavy atom. The Hall–Kier alpha value is -0.940. The van der Waals surface area contributed by atoms with Gasteiger partial charge in [0.1, 0.15) is 5.01 Å². The van der Waals surface area contributed by atoms with Gasteiger partial charge in [-0.25, -0.2) is 4.98 Å². The predicted molar refractivity (Wildman–Crippen MR) is 71.2 cm³/mol. The number of amides is 1. The lowest BCUT2D eigenvalue weighted by Gasteiger charge is -2.10. The van der Waals surface area contributed by atoms with E-state index in [9.17, 15) is 4.79 Å². The number of carbonyl (C=O) groups is 1. The van der Waals surface area contributed by atoms with Crippen molar-refractivity contribution in [3.8, 4) is 0 Å². The summed E-state index contributed by atoms with van der Waals surface area (Å²) in [6, 6.07) is 0.0161. The van der Waals surface area contributed by atoms with Crippen LogP contribution < -0.4 is 10.6 Å². The molecule has 0 saturated carbocycles. The van der Waals surface area contributed by atoms with Crippen molar-refractivity contribution in [3.63, 3.8) is 0 Å². The fourth-order valence-electron chi connectivity index (χ4n) is 1.49. The summed E-state index contributed by atoms with van der Waals surface area (Å²) in [7, 11) is 1.89. The Bertz CT molecular complexity index is 351. The maximum atomic E-state index is 11.6. The first kappa shape index (κ1) is 14.1. The van der Waals surface area contributed by atoms with E-state index in [1.165, 1.54) is 4.88 Å². The molecule has 1 unspecified atom stereocenters. The Labute approximate surface area is 107 Å². The van der Waals surface area contributed by atoms with Crippen LogP contribution in [0.25, 0.3) is 0 Å². The van der Waals surface area contributed by atoms with Crippen LogP contribution in [0.1, 0.15) is 42.6 Å². The van der Waals surface area contributed by atoms with Gasteiger partial charge in [0.25, 0.3) is 0 Å². The average molecular weight is 255 g/mol. The number of nitrogens with one attached hydrogen (secondary N) is 2. The number of aryl methyl sites for hydroxylation is 1. The van der Waals surface area contributed by atoms with Crippen molar-refractivity contribution in [2.75, 3.05) is 13.6 Å². The second kappa shape index (κ2) is 7.40. The van der Waals surface area contributed by atoms with Crippen LogP contribution in [0.2, 0.25) is 0 Å². The summed E-state index contributed by atoms with van der Waals surface area (Å²) in [5, 5.41) is 6.99. The van der Waals surface area contributed by atoms with Crippen LogP contribution in [0.5, 0.6) is 0 Å². The normalized spacial score (nSPS) is 12.4. The van der Waals surface area contributed by atoms with Gasteiger partial charge in [-0.1, -0.05) is 6.92 Å². The number of aromatic nitrogens is 1. The van der Waals surface area contributed by atoms with Crippen molar-refractivity contribution in [2.45, 2.75) is 39.2 Å². The lowest BCUT2D eigenvalue weighted by atomic mass is 10.2. The quantitative estimate of drug-likeness (QED) is 0.732. The van der Waals surface area contributed by atoms with Crippen LogP contribution in [0, 0.1) is 0 Å². The van der Waals surface area contributed by atoms with Gasteiger partial charge in [0.05, 0.1) is 6.04 Å². The third-order valence-electron chi connectivity index (χ3n) is 2.50. The van der Waals surface area contributed by atoms with Gasteiger partial charge in [0, 0.05) is 17.5 Å². The molecule has 1 rings (SSSR count). The molecule has 1 amide bonds. The van der Waals surface area contributed by atoms with Gasteiger partial charge < -0.3 is 10.6 Å². The van der Waals surface area contributed by atoms with Crippen LogP contribution in [-0.2, 0) is 11.2 Å². The van der Waals surface area contributed by atoms with E-state index >= 15 is 0 Å². The van der Waals surface area contributed by atoms with Gasteiger partial charge in [-0.15, -0.1) is 11.3 Å². The topological polar surface area (TPSA) is 54.0 Å². The average Bonchev–Trinajstić information content (AvgIpc) is 2.78. The van der Waals surface area contributed by atoms with E-state index in [1.54, 1.807) is 11.3 Å². The standard InChI is InChI=1S/C12H21N3OS/c1-4-10-8-14-12(17-10)9(2)15-11(16)6-5-7-13-3/h8-9,13H,4-7H2,1-3H3,(H,15,16). The number of carbonyl (C=O) groups excluding carboxylic acids is 1. The van der Waals surface area contributed by atoms with Gasteiger partial charge >= 0.3 is 0 Å². The summed E-state index contributed by atoms with van der Waals surface area (Å²) in [4.78, 5) is 17.2. The van der Waals surface area contributed by atoms with E-state index in [0.717, 1.165) is 24.4 Å². The lowest BCUT2D eigenvalue weighted by molar-refractivity contribution is -0.121. The summed E-state index contributed by atoms with van der Waals surface area (Å²) >= 11 is 1.67. The fraction of sp³-hybridized carbons (Fsp3) is 0.667. The minimum absolute atomic E-state index is 0.0161. The highest BCUT2D eigenvalue weighted by Gasteiger charge is 2.12. The Balaban J connectivity index is 2.37. The third-order valence-corrected chi connectivity index (χ3v) is 3.82. The monoisotopic (exact) mass is 255 g/mol. The molecular formula is C12H21N3OS. The van der Waals surface area contributed by atoms with Crippen LogP contribution in [0.4, 0.5) is 0 Å². The summed E-state index contributed by atoms with van der Waals surface area (Å²) < 4.78 is 0. The van der Waals surface area contributed by atoms with Gasteiger partial charge in [0.2, 0.25) is 5.91 Å². The molecule has 2 N–H and O–H groups in total. The zero-order valence-corrected chi connectivity index (χ0v) is 11.6. The molecule has 1 aromatic rings. The van der Waals surface area contributed by atoms with E-state index in [-0.39, 0.29) is 11.9 Å². The highest BCUT2D eigenvalue weighted by Crippen LogP contribution is 2.20. The molecule has 0 saturated heterocycles. The molecular weight excluding hydrogens is 234 g/mol. The van der Waals surface area contributed by atoms with Crippen molar-refractivity contribution in [1.82, 2.24) is 15.6 Å². The van der Waals surface area contributed by atoms with Crippen LogP contribution in [0.15, 0.2) is 6.20 Å². The van der Waals surface area contributed by atoms with Gasteiger partial charge in [-0.3, -0.25) is 4.79 Å². The zero-order valence-electron chi connectivity index (χ0n) is 10.7. The summed E-state index contributed by atoms with van der Waals surface area (Å²) in [6.07, 6.45) is 4.33. The van der Waals surface area contributed by atoms with Crippen molar-refractivity contribution < 1.29 is 4.79 Å². The number of nitrogens with zero attached hydrogens (tertiary/aromatic N) is 1. The summed E-state index contributed by atoms with van der Waals surface area (Å²) in [5.74, 6) is 0.0981. The van der Waals surface area contributed by atoms with Crippen LogP contribution in [-0.4, -0.2) is 24.5 Å². The van der Waals surface area contributed by atoms with Crippen molar-refractivity contribution in [3.05, 3.63) is 16.1 Å². The predicted octanol–water partition coefficient (Wildman–Crippen LogP) is 1.88. The molecule has 0 aliphatic heterocycles. The van der Waals surface area contributed by atoms with Gasteiger partial charge in [0.15, 0.2) is 0 Å². The summed E-state index contributed by atoms with van der Waals surface area (Å²) in [6.45, 7) is 4.96. The molecule has 96 valence electrons. The molecule has 1 heterocycles. The molecule has 1 atom stereocenters. The van der Waals surface area contributed by atoms with E-state index in [4.69, 9.17) is 0 Å². The van der Waals surface area contributed by atoms with E-state index in [1.807, 2.05) is 20.2 Å². The number of hydrogen-bond acceptors (Lipinski definition) is 4. The van der Waals surface area contributed by atoms with E-state index in [0.29, 0.717) is 6.42 Å². The van der Waals surface area contributed by atoms with E-state index in [2.05, 4.69) is 22.5 Å². The first-order valence-corrected chi connectivity index (χ1v) is 6.87. The first-order valence-electron chi connectivity index (χ1n) is 6.06. The zero-order chi connectivity index (χ0) is 12.7. The van der Waals surface area contributed by atoms with Crippen LogP contribution >= 0.6 is 11.3 Å². The molecule has 5 heteroatoms. The molecule has 0 aliphatic carbocycles. The molecule has 4 nitrogen and oxygen atoms in total. The number of rotatable bonds is 7. The molecule has 0 aromatic carbocycles. The summed E-state index contributed by atoms with van der Waals surface area (Å²) in [5.41, 5.74) is 0. The SMILES string of the molecule is CCc1cnc(C(C)NC(=O)CCCNC)s1. The molecule has 0 fully saturated rings. The second-order valence-corrected chi connectivity index (χ2v) is 5.16. The molecule has 17 heavy (non-hydrogen) atoms. The fourth-order valence-corrected chi connectivity index (χ4v) is 2.35. The largest absolute Gasteiger partial charge is 0.347 e. The molecule has 1 aromatic heterocycles. The molecule has 0 spiro atoms.